The first-order valence-electron chi connectivity index (χ1n) is 5.80. The zero-order chi connectivity index (χ0) is 13.7. The molecule has 1 rings (SSSR count). The summed E-state index contributed by atoms with van der Waals surface area (Å²) >= 11 is 3.33. The van der Waals surface area contributed by atoms with Gasteiger partial charge in [-0.05, 0) is 23.6 Å². The van der Waals surface area contributed by atoms with Crippen LogP contribution in [0.4, 0.5) is 0 Å². The van der Waals surface area contributed by atoms with Gasteiger partial charge in [-0.3, -0.25) is 4.21 Å². The quantitative estimate of drug-likeness (QED) is 0.868. The predicted molar refractivity (Wildman–Crippen MR) is 77.3 cm³/mol. The molecule has 0 saturated heterocycles. The maximum Gasteiger partial charge on any atom is 0.335 e. The summed E-state index contributed by atoms with van der Waals surface area (Å²) in [4.78, 5) is 10.8. The normalized spacial score (nSPS) is 14.2. The van der Waals surface area contributed by atoms with E-state index in [4.69, 9.17) is 5.11 Å². The van der Waals surface area contributed by atoms with E-state index in [0.717, 1.165) is 12.0 Å². The molecule has 1 aromatic carbocycles. The number of rotatable bonds is 6. The fourth-order valence-corrected chi connectivity index (χ4v) is 3.76. The molecule has 0 radical (unpaired) electrons. The topological polar surface area (TPSA) is 54.4 Å². The van der Waals surface area contributed by atoms with E-state index in [9.17, 15) is 9.00 Å². The van der Waals surface area contributed by atoms with Crippen LogP contribution in [0.3, 0.4) is 0 Å². The molecule has 0 heterocycles. The third-order valence-electron chi connectivity index (χ3n) is 2.78. The maximum atomic E-state index is 11.9. The maximum absolute atomic E-state index is 11.9. The first kappa shape index (κ1) is 15.4. The van der Waals surface area contributed by atoms with E-state index in [1.807, 2.05) is 0 Å². The lowest BCUT2D eigenvalue weighted by Crippen LogP contribution is -2.09. The van der Waals surface area contributed by atoms with Crippen LogP contribution in [0.25, 0.3) is 0 Å². The monoisotopic (exact) mass is 332 g/mol. The molecule has 3 nitrogen and oxygen atoms in total. The van der Waals surface area contributed by atoms with Crippen LogP contribution in [0, 0.1) is 5.92 Å². The number of halogens is 1. The molecule has 1 N–H and O–H groups in total. The fourth-order valence-electron chi connectivity index (χ4n) is 1.46. The van der Waals surface area contributed by atoms with Crippen molar-refractivity contribution in [2.24, 2.45) is 5.92 Å². The van der Waals surface area contributed by atoms with Gasteiger partial charge in [0, 0.05) is 26.8 Å². The Morgan fingerprint density at radius 2 is 2.17 bits per heavy atom. The average Bonchev–Trinajstić information content (AvgIpc) is 2.31. The summed E-state index contributed by atoms with van der Waals surface area (Å²) in [6, 6.07) is 4.82. The molecular formula is C13H17BrO3S. The van der Waals surface area contributed by atoms with E-state index in [1.165, 1.54) is 0 Å². The summed E-state index contributed by atoms with van der Waals surface area (Å²) in [6.45, 7) is 4.17. The standard InChI is InChI=1S/C13H17BrO3S/c1-3-9(2)7-18(17)8-11-5-4-10(13(15)16)6-12(11)14/h4-6,9H,3,7-8H2,1-2H3,(H,15,16). The molecule has 0 bridgehead atoms. The number of carboxylic acid groups (broad SMARTS) is 1. The van der Waals surface area contributed by atoms with Gasteiger partial charge in [-0.1, -0.05) is 42.3 Å². The summed E-state index contributed by atoms with van der Waals surface area (Å²) in [5, 5.41) is 8.85. The Kier molecular flexibility index (Phi) is 6.02. The molecule has 5 heteroatoms. The lowest BCUT2D eigenvalue weighted by atomic mass is 10.1. The summed E-state index contributed by atoms with van der Waals surface area (Å²) in [7, 11) is -0.906. The highest BCUT2D eigenvalue weighted by atomic mass is 79.9. The van der Waals surface area contributed by atoms with Crippen LogP contribution in [0.5, 0.6) is 0 Å². The van der Waals surface area contributed by atoms with Crippen molar-refractivity contribution in [3.63, 3.8) is 0 Å². The van der Waals surface area contributed by atoms with Crippen molar-refractivity contribution in [1.82, 2.24) is 0 Å². The van der Waals surface area contributed by atoms with Crippen molar-refractivity contribution in [3.8, 4) is 0 Å². The van der Waals surface area contributed by atoms with Crippen LogP contribution in [0.1, 0.15) is 36.2 Å². The third kappa shape index (κ3) is 4.53. The summed E-state index contributed by atoms with van der Waals surface area (Å²) in [5.41, 5.74) is 1.12. The van der Waals surface area contributed by atoms with Crippen LogP contribution in [-0.4, -0.2) is 21.0 Å². The van der Waals surface area contributed by atoms with Gasteiger partial charge in [0.05, 0.1) is 5.56 Å². The van der Waals surface area contributed by atoms with Gasteiger partial charge in [0.15, 0.2) is 0 Å². The second kappa shape index (κ2) is 7.04. The van der Waals surface area contributed by atoms with Crippen molar-refractivity contribution < 1.29 is 14.1 Å². The minimum Gasteiger partial charge on any atom is -0.478 e. The lowest BCUT2D eigenvalue weighted by Gasteiger charge is -2.09. The molecule has 0 aliphatic heterocycles. The van der Waals surface area contributed by atoms with E-state index in [1.54, 1.807) is 18.2 Å². The van der Waals surface area contributed by atoms with Crippen molar-refractivity contribution in [2.75, 3.05) is 5.75 Å². The number of benzene rings is 1. The fraction of sp³-hybridized carbons (Fsp3) is 0.462. The van der Waals surface area contributed by atoms with Crippen molar-refractivity contribution in [1.29, 1.82) is 0 Å². The molecule has 0 saturated carbocycles. The average molecular weight is 333 g/mol. The highest BCUT2D eigenvalue weighted by Gasteiger charge is 2.11. The second-order valence-corrected chi connectivity index (χ2v) is 6.73. The second-order valence-electron chi connectivity index (χ2n) is 4.38. The molecule has 18 heavy (non-hydrogen) atoms. The van der Waals surface area contributed by atoms with E-state index < -0.39 is 16.8 Å². The Morgan fingerprint density at radius 3 is 2.67 bits per heavy atom. The van der Waals surface area contributed by atoms with Gasteiger partial charge in [-0.15, -0.1) is 0 Å². The van der Waals surface area contributed by atoms with Gasteiger partial charge < -0.3 is 5.11 Å². The summed E-state index contributed by atoms with van der Waals surface area (Å²) in [5.74, 6) is 0.639. The molecule has 0 aliphatic rings. The Morgan fingerprint density at radius 1 is 1.50 bits per heavy atom. The van der Waals surface area contributed by atoms with Crippen molar-refractivity contribution >= 4 is 32.7 Å². The largest absolute Gasteiger partial charge is 0.478 e. The molecule has 0 aromatic heterocycles. The molecule has 0 spiro atoms. The Bertz CT molecular complexity index is 460. The van der Waals surface area contributed by atoms with Crippen LogP contribution in [-0.2, 0) is 16.6 Å². The van der Waals surface area contributed by atoms with E-state index in [2.05, 4.69) is 29.8 Å². The van der Waals surface area contributed by atoms with Crippen molar-refractivity contribution in [3.05, 3.63) is 33.8 Å². The van der Waals surface area contributed by atoms with E-state index >= 15 is 0 Å². The summed E-state index contributed by atoms with van der Waals surface area (Å²) < 4.78 is 12.6. The third-order valence-corrected chi connectivity index (χ3v) is 5.10. The molecule has 100 valence electrons. The van der Waals surface area contributed by atoms with Gasteiger partial charge in [-0.25, -0.2) is 4.79 Å². The van der Waals surface area contributed by atoms with Gasteiger partial charge in [0.1, 0.15) is 0 Å². The highest BCUT2D eigenvalue weighted by molar-refractivity contribution is 9.10. The minimum absolute atomic E-state index is 0.235. The van der Waals surface area contributed by atoms with Crippen LogP contribution >= 0.6 is 15.9 Å². The highest BCUT2D eigenvalue weighted by Crippen LogP contribution is 2.21. The molecule has 0 amide bonds. The summed E-state index contributed by atoms with van der Waals surface area (Å²) in [6.07, 6.45) is 1.02. The predicted octanol–water partition coefficient (Wildman–Crippen LogP) is 3.44. The molecule has 0 fully saturated rings. The van der Waals surface area contributed by atoms with Gasteiger partial charge in [-0.2, -0.15) is 0 Å². The van der Waals surface area contributed by atoms with Gasteiger partial charge in [0.2, 0.25) is 0 Å². The first-order valence-corrected chi connectivity index (χ1v) is 8.08. The van der Waals surface area contributed by atoms with Crippen molar-refractivity contribution in [2.45, 2.75) is 26.0 Å². The molecular weight excluding hydrogens is 316 g/mol. The van der Waals surface area contributed by atoms with Gasteiger partial charge >= 0.3 is 5.97 Å². The zero-order valence-electron chi connectivity index (χ0n) is 10.5. The Labute approximate surface area is 118 Å². The Balaban J connectivity index is 2.74. The van der Waals surface area contributed by atoms with Crippen LogP contribution < -0.4 is 0 Å². The molecule has 2 atom stereocenters. The minimum atomic E-state index is -0.956. The smallest absolute Gasteiger partial charge is 0.335 e. The Hall–Kier alpha value is -0.680. The number of hydrogen-bond acceptors (Lipinski definition) is 2. The SMILES string of the molecule is CCC(C)CS(=O)Cc1ccc(C(=O)O)cc1Br. The van der Waals surface area contributed by atoms with Crippen LogP contribution in [0.15, 0.2) is 22.7 Å². The zero-order valence-corrected chi connectivity index (χ0v) is 12.9. The first-order chi connectivity index (χ1) is 8.43. The van der Waals surface area contributed by atoms with Crippen LogP contribution in [0.2, 0.25) is 0 Å². The number of hydrogen-bond donors (Lipinski definition) is 1. The number of carboxylic acids is 1. The van der Waals surface area contributed by atoms with E-state index in [0.29, 0.717) is 21.9 Å². The number of aromatic carboxylic acids is 1. The number of carbonyl (C=O) groups is 1. The lowest BCUT2D eigenvalue weighted by molar-refractivity contribution is 0.0697. The molecule has 2 unspecified atom stereocenters. The molecule has 1 aromatic rings. The molecule has 0 aliphatic carbocycles. The van der Waals surface area contributed by atoms with E-state index in [-0.39, 0.29) is 5.56 Å². The van der Waals surface area contributed by atoms with Gasteiger partial charge in [0.25, 0.3) is 0 Å².